The summed E-state index contributed by atoms with van der Waals surface area (Å²) in [6, 6.07) is 6.93. The summed E-state index contributed by atoms with van der Waals surface area (Å²) in [5, 5.41) is 3.63. The molecule has 0 atom stereocenters. The Morgan fingerprint density at radius 1 is 1.20 bits per heavy atom. The third-order valence-electron chi connectivity index (χ3n) is 4.87. The zero-order valence-electron chi connectivity index (χ0n) is 14.6. The van der Waals surface area contributed by atoms with Gasteiger partial charge >= 0.3 is 0 Å². The fraction of sp³-hybridized carbons (Fsp3) is 0.632. The minimum absolute atomic E-state index is 0. The summed E-state index contributed by atoms with van der Waals surface area (Å²) in [4.78, 5) is 14.2. The van der Waals surface area contributed by atoms with Crippen molar-refractivity contribution < 1.29 is 13.9 Å². The molecule has 1 heterocycles. The summed E-state index contributed by atoms with van der Waals surface area (Å²) in [5.74, 6) is 0.990. The molecule has 0 bridgehead atoms. The van der Waals surface area contributed by atoms with Gasteiger partial charge in [-0.2, -0.15) is 0 Å². The van der Waals surface area contributed by atoms with Crippen LogP contribution >= 0.6 is 12.4 Å². The molecule has 1 saturated carbocycles. The molecule has 1 aliphatic heterocycles. The van der Waals surface area contributed by atoms with Gasteiger partial charge in [0.2, 0.25) is 5.91 Å². The highest BCUT2D eigenvalue weighted by molar-refractivity contribution is 5.85. The number of piperidine rings is 1. The predicted molar refractivity (Wildman–Crippen MR) is 98.7 cm³/mol. The summed E-state index contributed by atoms with van der Waals surface area (Å²) >= 11 is 0. The molecule has 0 spiro atoms. The number of likely N-dealkylation sites (tertiary alicyclic amines) is 1. The van der Waals surface area contributed by atoms with E-state index >= 15 is 0 Å². The summed E-state index contributed by atoms with van der Waals surface area (Å²) in [6.45, 7) is 3.20. The normalized spacial score (nSPS) is 17.9. The molecule has 1 aromatic carbocycles. The zero-order valence-corrected chi connectivity index (χ0v) is 15.4. The molecule has 4 nitrogen and oxygen atoms in total. The minimum Gasteiger partial charge on any atom is -0.491 e. The van der Waals surface area contributed by atoms with E-state index in [1.807, 2.05) is 4.90 Å². The Balaban J connectivity index is 0.00000225. The lowest BCUT2D eigenvalue weighted by Gasteiger charge is -2.32. The Bertz CT molecular complexity index is 546. The van der Waals surface area contributed by atoms with Crippen LogP contribution in [0.5, 0.6) is 5.75 Å². The number of carbonyl (C=O) groups is 1. The van der Waals surface area contributed by atoms with Crippen LogP contribution < -0.4 is 10.1 Å². The van der Waals surface area contributed by atoms with Crippen LogP contribution in [0.25, 0.3) is 0 Å². The van der Waals surface area contributed by atoms with Gasteiger partial charge in [-0.15, -0.1) is 12.4 Å². The van der Waals surface area contributed by atoms with Crippen LogP contribution in [0.15, 0.2) is 24.3 Å². The van der Waals surface area contributed by atoms with Crippen LogP contribution in [-0.4, -0.2) is 43.1 Å². The molecule has 1 aliphatic carbocycles. The molecule has 1 saturated heterocycles. The van der Waals surface area contributed by atoms with Crippen LogP contribution in [-0.2, 0) is 4.79 Å². The van der Waals surface area contributed by atoms with E-state index in [1.165, 1.54) is 18.9 Å². The second kappa shape index (κ2) is 9.97. The molecule has 0 aromatic heterocycles. The lowest BCUT2D eigenvalue weighted by molar-refractivity contribution is -0.132. The summed E-state index contributed by atoms with van der Waals surface area (Å²) in [7, 11) is 0. The van der Waals surface area contributed by atoms with Crippen molar-refractivity contribution >= 4 is 18.3 Å². The van der Waals surface area contributed by atoms with Crippen molar-refractivity contribution in [2.24, 2.45) is 5.92 Å². The molecular formula is C19H28ClFN2O2. The minimum atomic E-state index is -0.357. The zero-order chi connectivity index (χ0) is 16.8. The number of carbonyl (C=O) groups excluding carboxylic acids is 1. The van der Waals surface area contributed by atoms with Crippen molar-refractivity contribution in [2.75, 3.05) is 26.2 Å². The summed E-state index contributed by atoms with van der Waals surface area (Å²) in [5.41, 5.74) is 0. The number of hydrogen-bond donors (Lipinski definition) is 1. The van der Waals surface area contributed by atoms with E-state index in [2.05, 4.69) is 5.32 Å². The van der Waals surface area contributed by atoms with E-state index in [0.29, 0.717) is 25.5 Å². The Kier molecular flexibility index (Phi) is 7.97. The van der Waals surface area contributed by atoms with Gasteiger partial charge in [0.05, 0.1) is 6.61 Å². The smallest absolute Gasteiger partial charge is 0.222 e. The average molecular weight is 371 g/mol. The first-order chi connectivity index (χ1) is 11.7. The first-order valence-electron chi connectivity index (χ1n) is 9.11. The number of hydrogen-bond acceptors (Lipinski definition) is 3. The fourth-order valence-electron chi connectivity index (χ4n) is 3.11. The monoisotopic (exact) mass is 370 g/mol. The van der Waals surface area contributed by atoms with Gasteiger partial charge in [-0.05, 0) is 56.7 Å². The van der Waals surface area contributed by atoms with Crippen LogP contribution in [0, 0.1) is 11.7 Å². The Morgan fingerprint density at radius 3 is 2.60 bits per heavy atom. The van der Waals surface area contributed by atoms with Gasteiger partial charge in [-0.1, -0.05) is 12.1 Å². The third kappa shape index (κ3) is 6.48. The van der Waals surface area contributed by atoms with Crippen molar-refractivity contribution in [3.8, 4) is 5.75 Å². The number of nitrogens with zero attached hydrogens (tertiary/aromatic N) is 1. The van der Waals surface area contributed by atoms with Crippen LogP contribution in [0.1, 0.15) is 38.5 Å². The molecule has 1 aromatic rings. The maximum atomic E-state index is 13.4. The number of nitrogens with one attached hydrogen (secondary N) is 1. The van der Waals surface area contributed by atoms with Gasteiger partial charge in [-0.25, -0.2) is 4.39 Å². The largest absolute Gasteiger partial charge is 0.491 e. The van der Waals surface area contributed by atoms with Crippen LogP contribution in [0.2, 0.25) is 0 Å². The van der Waals surface area contributed by atoms with Gasteiger partial charge in [0, 0.05) is 25.6 Å². The van der Waals surface area contributed by atoms with Crippen molar-refractivity contribution in [2.45, 2.75) is 44.6 Å². The maximum Gasteiger partial charge on any atom is 0.222 e. The number of rotatable bonds is 8. The van der Waals surface area contributed by atoms with E-state index in [1.54, 1.807) is 18.2 Å². The van der Waals surface area contributed by atoms with E-state index in [4.69, 9.17) is 4.74 Å². The standard InChI is InChI=1S/C19H27FN2O2.ClH/c20-17-4-1-2-5-18(17)24-13-3-6-19(23)22-11-9-16(10-12-22)21-14-15-7-8-15;/h1-2,4-5,15-16,21H,3,6-14H2;1H. The Labute approximate surface area is 155 Å². The van der Waals surface area contributed by atoms with E-state index in [-0.39, 0.29) is 29.9 Å². The Morgan fingerprint density at radius 2 is 1.92 bits per heavy atom. The maximum absolute atomic E-state index is 13.4. The van der Waals surface area contributed by atoms with Crippen molar-refractivity contribution in [3.63, 3.8) is 0 Å². The molecular weight excluding hydrogens is 343 g/mol. The lowest BCUT2D eigenvalue weighted by atomic mass is 10.0. The van der Waals surface area contributed by atoms with Gasteiger partial charge in [-0.3, -0.25) is 4.79 Å². The number of ether oxygens (including phenoxy) is 1. The molecule has 2 fully saturated rings. The predicted octanol–water partition coefficient (Wildman–Crippen LogP) is 3.40. The quantitative estimate of drug-likeness (QED) is 0.713. The summed E-state index contributed by atoms with van der Waals surface area (Å²) < 4.78 is 18.8. The van der Waals surface area contributed by atoms with Gasteiger partial charge in [0.1, 0.15) is 0 Å². The van der Waals surface area contributed by atoms with Gasteiger partial charge in [0.15, 0.2) is 11.6 Å². The first kappa shape index (κ1) is 20.0. The molecule has 2 aliphatic rings. The molecule has 6 heteroatoms. The number of benzene rings is 1. The van der Waals surface area contributed by atoms with Crippen LogP contribution in [0.4, 0.5) is 4.39 Å². The number of halogens is 2. The number of para-hydroxylation sites is 1. The van der Waals surface area contributed by atoms with E-state index in [9.17, 15) is 9.18 Å². The number of amides is 1. The van der Waals surface area contributed by atoms with Crippen molar-refractivity contribution in [3.05, 3.63) is 30.1 Å². The van der Waals surface area contributed by atoms with E-state index in [0.717, 1.165) is 38.4 Å². The first-order valence-corrected chi connectivity index (χ1v) is 9.11. The molecule has 25 heavy (non-hydrogen) atoms. The van der Waals surface area contributed by atoms with Crippen LogP contribution in [0.3, 0.4) is 0 Å². The van der Waals surface area contributed by atoms with Gasteiger partial charge in [0.25, 0.3) is 0 Å². The van der Waals surface area contributed by atoms with Crippen molar-refractivity contribution in [1.29, 1.82) is 0 Å². The summed E-state index contributed by atoms with van der Waals surface area (Å²) in [6.07, 6.45) is 5.93. The fourth-order valence-corrected chi connectivity index (χ4v) is 3.11. The second-order valence-electron chi connectivity index (χ2n) is 6.89. The highest BCUT2D eigenvalue weighted by atomic mass is 35.5. The highest BCUT2D eigenvalue weighted by Gasteiger charge is 2.25. The second-order valence-corrected chi connectivity index (χ2v) is 6.89. The van der Waals surface area contributed by atoms with Crippen molar-refractivity contribution in [1.82, 2.24) is 10.2 Å². The molecule has 3 rings (SSSR count). The topological polar surface area (TPSA) is 41.6 Å². The average Bonchev–Trinajstić information content (AvgIpc) is 3.43. The molecule has 0 radical (unpaired) electrons. The lowest BCUT2D eigenvalue weighted by Crippen LogP contribution is -2.45. The SMILES string of the molecule is Cl.O=C(CCCOc1ccccc1F)N1CCC(NCC2CC2)CC1. The molecule has 1 amide bonds. The van der Waals surface area contributed by atoms with E-state index < -0.39 is 0 Å². The van der Waals surface area contributed by atoms with Gasteiger partial charge < -0.3 is 15.0 Å². The highest BCUT2D eigenvalue weighted by Crippen LogP contribution is 2.28. The Hall–Kier alpha value is -1.33. The molecule has 0 unspecified atom stereocenters. The third-order valence-corrected chi connectivity index (χ3v) is 4.87. The molecule has 1 N–H and O–H groups in total. The molecule has 140 valence electrons.